The van der Waals surface area contributed by atoms with Crippen LogP contribution in [0.5, 0.6) is 0 Å². The van der Waals surface area contributed by atoms with Crippen molar-refractivity contribution in [2.75, 3.05) is 0 Å². The number of benzene rings is 1. The Morgan fingerprint density at radius 1 is 1.32 bits per heavy atom. The molecule has 0 saturated carbocycles. The first-order valence-electron chi connectivity index (χ1n) is 8.31. The van der Waals surface area contributed by atoms with E-state index >= 15 is 0 Å². The van der Waals surface area contributed by atoms with Gasteiger partial charge >= 0.3 is 0 Å². The summed E-state index contributed by atoms with van der Waals surface area (Å²) in [6.07, 6.45) is 5.61. The van der Waals surface area contributed by atoms with E-state index in [1.165, 1.54) is 10.9 Å². The standard InChI is InChI=1S/C19H19N5O/c1-12-18-15(14-6-2-3-7-16(14)23-18)9-17(22-12)19(25)24-21-11-13-5-4-8-20-10-13/h2-8,10-12,17,22-23H,9H2,1H3,(H,24,25)/b21-11+. The highest BCUT2D eigenvalue weighted by Gasteiger charge is 2.30. The Hall–Kier alpha value is -2.99. The fraction of sp³-hybridized carbons (Fsp3) is 0.211. The largest absolute Gasteiger partial charge is 0.357 e. The van der Waals surface area contributed by atoms with Crippen molar-refractivity contribution in [1.82, 2.24) is 20.7 Å². The van der Waals surface area contributed by atoms with Crippen molar-refractivity contribution in [2.45, 2.75) is 25.4 Å². The van der Waals surface area contributed by atoms with Crippen molar-refractivity contribution in [3.63, 3.8) is 0 Å². The van der Waals surface area contributed by atoms with Gasteiger partial charge in [-0.3, -0.25) is 15.1 Å². The van der Waals surface area contributed by atoms with Crippen molar-refractivity contribution < 1.29 is 4.79 Å². The molecule has 1 amide bonds. The summed E-state index contributed by atoms with van der Waals surface area (Å²) in [5, 5.41) is 8.57. The maximum Gasteiger partial charge on any atom is 0.257 e. The fourth-order valence-corrected chi connectivity index (χ4v) is 3.33. The van der Waals surface area contributed by atoms with E-state index in [0.717, 1.165) is 16.8 Å². The van der Waals surface area contributed by atoms with Gasteiger partial charge in [0.1, 0.15) is 0 Å². The van der Waals surface area contributed by atoms with Crippen molar-refractivity contribution in [2.24, 2.45) is 5.10 Å². The maximum absolute atomic E-state index is 12.5. The average molecular weight is 333 g/mol. The van der Waals surface area contributed by atoms with Gasteiger partial charge in [-0.25, -0.2) is 5.43 Å². The van der Waals surface area contributed by atoms with E-state index in [9.17, 15) is 4.79 Å². The number of pyridine rings is 1. The lowest BCUT2D eigenvalue weighted by atomic mass is 9.94. The monoisotopic (exact) mass is 333 g/mol. The van der Waals surface area contributed by atoms with Gasteiger partial charge in [0.2, 0.25) is 0 Å². The van der Waals surface area contributed by atoms with Gasteiger partial charge in [-0.2, -0.15) is 5.10 Å². The Kier molecular flexibility index (Phi) is 4.03. The lowest BCUT2D eigenvalue weighted by Crippen LogP contribution is -2.47. The molecule has 2 unspecified atom stereocenters. The summed E-state index contributed by atoms with van der Waals surface area (Å²) in [7, 11) is 0. The van der Waals surface area contributed by atoms with Crippen LogP contribution in [0.2, 0.25) is 0 Å². The molecule has 25 heavy (non-hydrogen) atoms. The number of hydrazone groups is 1. The lowest BCUT2D eigenvalue weighted by Gasteiger charge is -2.27. The zero-order valence-electron chi connectivity index (χ0n) is 13.9. The average Bonchev–Trinajstić information content (AvgIpc) is 3.02. The number of fused-ring (bicyclic) bond motifs is 3. The van der Waals surface area contributed by atoms with Crippen LogP contribution in [0, 0.1) is 0 Å². The van der Waals surface area contributed by atoms with Crippen LogP contribution >= 0.6 is 0 Å². The number of H-pyrrole nitrogens is 1. The van der Waals surface area contributed by atoms with Gasteiger partial charge in [-0.15, -0.1) is 0 Å². The van der Waals surface area contributed by atoms with Crippen LogP contribution in [0.15, 0.2) is 53.9 Å². The number of hydrogen-bond donors (Lipinski definition) is 3. The highest BCUT2D eigenvalue weighted by atomic mass is 16.2. The second-order valence-corrected chi connectivity index (χ2v) is 6.23. The first-order chi connectivity index (χ1) is 12.2. The molecule has 0 radical (unpaired) electrons. The van der Waals surface area contributed by atoms with Crippen molar-refractivity contribution >= 4 is 23.0 Å². The molecule has 1 aliphatic rings. The fourth-order valence-electron chi connectivity index (χ4n) is 3.33. The Bertz CT molecular complexity index is 931. The van der Waals surface area contributed by atoms with Gasteiger partial charge in [0.15, 0.2) is 0 Å². The first kappa shape index (κ1) is 15.5. The molecule has 4 rings (SSSR count). The van der Waals surface area contributed by atoms with E-state index in [2.05, 4.69) is 44.9 Å². The van der Waals surface area contributed by atoms with E-state index in [1.54, 1.807) is 18.6 Å². The third-order valence-electron chi connectivity index (χ3n) is 4.53. The number of carbonyl (C=O) groups excluding carboxylic acids is 1. The number of aromatic amines is 1. The summed E-state index contributed by atoms with van der Waals surface area (Å²) in [4.78, 5) is 20.0. The Morgan fingerprint density at radius 3 is 3.04 bits per heavy atom. The molecule has 0 fully saturated rings. The topological polar surface area (TPSA) is 82.2 Å². The zero-order chi connectivity index (χ0) is 17.2. The SMILES string of the molecule is CC1NC(C(=O)N/N=C/c2cccnc2)Cc2c1[nH]c1ccccc21. The molecular formula is C19H19N5O. The summed E-state index contributed by atoms with van der Waals surface area (Å²) >= 11 is 0. The summed E-state index contributed by atoms with van der Waals surface area (Å²) < 4.78 is 0. The highest BCUT2D eigenvalue weighted by Crippen LogP contribution is 2.31. The number of nitrogens with zero attached hydrogens (tertiary/aromatic N) is 2. The minimum Gasteiger partial charge on any atom is -0.357 e. The second kappa shape index (κ2) is 6.49. The first-order valence-corrected chi connectivity index (χ1v) is 8.31. The van der Waals surface area contributed by atoms with Crippen LogP contribution in [0.3, 0.4) is 0 Å². The molecule has 6 nitrogen and oxygen atoms in total. The van der Waals surface area contributed by atoms with Crippen LogP contribution < -0.4 is 10.7 Å². The maximum atomic E-state index is 12.5. The predicted octanol–water partition coefficient (Wildman–Crippen LogP) is 2.29. The van der Waals surface area contributed by atoms with E-state index in [-0.39, 0.29) is 18.0 Å². The number of nitrogens with one attached hydrogen (secondary N) is 3. The number of rotatable bonds is 3. The van der Waals surface area contributed by atoms with E-state index < -0.39 is 0 Å². The van der Waals surface area contributed by atoms with Gasteiger partial charge in [0.05, 0.1) is 12.3 Å². The molecule has 1 aromatic carbocycles. The third-order valence-corrected chi connectivity index (χ3v) is 4.53. The Balaban J connectivity index is 1.50. The van der Waals surface area contributed by atoms with Crippen LogP contribution in [-0.2, 0) is 11.2 Å². The number of carbonyl (C=O) groups is 1. The summed E-state index contributed by atoms with van der Waals surface area (Å²) in [6, 6.07) is 11.7. The zero-order valence-corrected chi connectivity index (χ0v) is 13.9. The molecular weight excluding hydrogens is 314 g/mol. The van der Waals surface area contributed by atoms with E-state index in [1.807, 2.05) is 24.3 Å². The molecule has 0 aliphatic carbocycles. The van der Waals surface area contributed by atoms with Gasteiger partial charge in [-0.05, 0) is 31.0 Å². The molecule has 3 heterocycles. The molecule has 126 valence electrons. The third kappa shape index (κ3) is 3.04. The van der Waals surface area contributed by atoms with Crippen LogP contribution in [-0.4, -0.2) is 28.1 Å². The Labute approximate surface area is 145 Å². The molecule has 0 spiro atoms. The molecule has 0 bridgehead atoms. The molecule has 3 aromatic rings. The summed E-state index contributed by atoms with van der Waals surface area (Å²) in [5.74, 6) is -0.136. The number of hydrogen-bond acceptors (Lipinski definition) is 4. The molecule has 6 heteroatoms. The molecule has 3 N–H and O–H groups in total. The lowest BCUT2D eigenvalue weighted by molar-refractivity contribution is -0.123. The smallest absolute Gasteiger partial charge is 0.257 e. The summed E-state index contributed by atoms with van der Waals surface area (Å²) in [6.45, 7) is 2.06. The van der Waals surface area contributed by atoms with Gasteiger partial charge < -0.3 is 4.98 Å². The van der Waals surface area contributed by atoms with Gasteiger partial charge in [0, 0.05) is 40.6 Å². The van der Waals surface area contributed by atoms with Crippen LogP contribution in [0.4, 0.5) is 0 Å². The Morgan fingerprint density at radius 2 is 2.20 bits per heavy atom. The molecule has 2 atom stereocenters. The minimum atomic E-state index is -0.312. The van der Waals surface area contributed by atoms with Crippen molar-refractivity contribution in [3.8, 4) is 0 Å². The number of amides is 1. The molecule has 0 saturated heterocycles. The second-order valence-electron chi connectivity index (χ2n) is 6.23. The predicted molar refractivity (Wildman–Crippen MR) is 97.3 cm³/mol. The van der Waals surface area contributed by atoms with Crippen molar-refractivity contribution in [3.05, 3.63) is 65.6 Å². The van der Waals surface area contributed by atoms with Crippen molar-refractivity contribution in [1.29, 1.82) is 0 Å². The van der Waals surface area contributed by atoms with Crippen LogP contribution in [0.1, 0.15) is 29.8 Å². The van der Waals surface area contributed by atoms with Gasteiger partial charge in [-0.1, -0.05) is 24.3 Å². The molecule has 1 aliphatic heterocycles. The quantitative estimate of drug-likeness (QED) is 0.508. The van der Waals surface area contributed by atoms with E-state index in [4.69, 9.17) is 0 Å². The highest BCUT2D eigenvalue weighted by molar-refractivity contribution is 5.89. The summed E-state index contributed by atoms with van der Waals surface area (Å²) in [5.41, 5.74) is 6.93. The normalized spacial score (nSPS) is 19.9. The number of aromatic nitrogens is 2. The number of para-hydroxylation sites is 1. The van der Waals surface area contributed by atoms with E-state index in [0.29, 0.717) is 6.42 Å². The minimum absolute atomic E-state index is 0.0780. The molecule has 2 aromatic heterocycles. The van der Waals surface area contributed by atoms with Crippen LogP contribution in [0.25, 0.3) is 10.9 Å². The van der Waals surface area contributed by atoms with Gasteiger partial charge in [0.25, 0.3) is 5.91 Å².